The van der Waals surface area contributed by atoms with Crippen LogP contribution in [0.25, 0.3) is 10.2 Å². The fraction of sp³-hybridized carbons (Fsp3) is 0.632. The number of nitrogens with zero attached hydrogens (tertiary/aromatic N) is 6. The third kappa shape index (κ3) is 3.61. The molecule has 3 aromatic rings. The Morgan fingerprint density at radius 1 is 1.25 bits per heavy atom. The molecule has 0 bridgehead atoms. The monoisotopic (exact) mass is 418 g/mol. The Hall–Kier alpha value is -1.74. The van der Waals surface area contributed by atoms with E-state index >= 15 is 0 Å². The van der Waals surface area contributed by atoms with Gasteiger partial charge in [-0.25, -0.2) is 9.67 Å². The number of tetrazole rings is 1. The molecule has 3 aromatic heterocycles. The zero-order chi connectivity index (χ0) is 19.7. The first-order valence-electron chi connectivity index (χ1n) is 10.00. The molecule has 0 saturated heterocycles. The Bertz CT molecular complexity index is 1030. The largest absolute Gasteiger partial charge is 0.284 e. The zero-order valence-electron chi connectivity index (χ0n) is 16.6. The highest BCUT2D eigenvalue weighted by Crippen LogP contribution is 2.35. The predicted octanol–water partition coefficient (Wildman–Crippen LogP) is 4.27. The lowest BCUT2D eigenvalue weighted by Gasteiger charge is -2.18. The summed E-state index contributed by atoms with van der Waals surface area (Å²) in [6, 6.07) is 0.252. The fourth-order valence-electron chi connectivity index (χ4n) is 3.81. The second-order valence-corrected chi connectivity index (χ2v) is 9.58. The topological polar surface area (TPSA) is 78.5 Å². The maximum absolute atomic E-state index is 13.4. The molecule has 9 heteroatoms. The summed E-state index contributed by atoms with van der Waals surface area (Å²) >= 11 is 3.19. The summed E-state index contributed by atoms with van der Waals surface area (Å²) < 4.78 is 3.83. The lowest BCUT2D eigenvalue weighted by molar-refractivity contribution is 0.457. The van der Waals surface area contributed by atoms with E-state index in [0.29, 0.717) is 5.75 Å². The van der Waals surface area contributed by atoms with Crippen LogP contribution in [-0.2, 0) is 12.3 Å². The molecule has 0 aromatic carbocycles. The summed E-state index contributed by atoms with van der Waals surface area (Å²) in [5.74, 6) is 1.45. The zero-order valence-corrected chi connectivity index (χ0v) is 18.3. The van der Waals surface area contributed by atoms with Gasteiger partial charge in [0.1, 0.15) is 4.83 Å². The van der Waals surface area contributed by atoms with Crippen molar-refractivity contribution in [2.75, 3.05) is 0 Å². The van der Waals surface area contributed by atoms with Crippen LogP contribution < -0.4 is 5.56 Å². The van der Waals surface area contributed by atoms with Gasteiger partial charge in [-0.15, -0.1) is 16.4 Å². The molecule has 4 rings (SSSR count). The van der Waals surface area contributed by atoms with E-state index < -0.39 is 0 Å². The minimum absolute atomic E-state index is 0.117. The van der Waals surface area contributed by atoms with Crippen LogP contribution in [0.5, 0.6) is 0 Å². The van der Waals surface area contributed by atoms with Crippen LogP contribution in [0.1, 0.15) is 67.8 Å². The van der Waals surface area contributed by atoms with Crippen LogP contribution in [0.2, 0.25) is 0 Å². The summed E-state index contributed by atoms with van der Waals surface area (Å²) in [5.41, 5.74) is 1.19. The van der Waals surface area contributed by atoms with Crippen LogP contribution in [0.4, 0.5) is 0 Å². The first-order valence-corrected chi connectivity index (χ1v) is 11.8. The average molecular weight is 419 g/mol. The minimum atomic E-state index is 0.117. The summed E-state index contributed by atoms with van der Waals surface area (Å²) in [6.45, 7) is 7.08. The van der Waals surface area contributed by atoms with Crippen molar-refractivity contribution in [3.8, 4) is 0 Å². The molecule has 1 saturated carbocycles. The molecule has 1 aliphatic rings. The minimum Gasteiger partial charge on any atom is -0.284 e. The molecule has 0 unspecified atom stereocenters. The number of rotatable bonds is 7. The normalized spacial score (nSPS) is 15.1. The van der Waals surface area contributed by atoms with Crippen LogP contribution in [0.15, 0.2) is 9.95 Å². The molecule has 0 aliphatic heterocycles. The number of unbranched alkanes of at least 4 members (excludes halogenated alkanes) is 1. The molecule has 0 atom stereocenters. The van der Waals surface area contributed by atoms with Crippen molar-refractivity contribution in [3.05, 3.63) is 26.6 Å². The van der Waals surface area contributed by atoms with Gasteiger partial charge in [-0.3, -0.25) is 9.36 Å². The van der Waals surface area contributed by atoms with E-state index in [0.717, 1.165) is 59.0 Å². The van der Waals surface area contributed by atoms with Gasteiger partial charge < -0.3 is 0 Å². The number of thiophene rings is 1. The molecule has 0 amide bonds. The molecular formula is C19H26N6OS2. The Morgan fingerprint density at radius 3 is 2.79 bits per heavy atom. The van der Waals surface area contributed by atoms with E-state index in [-0.39, 0.29) is 11.6 Å². The van der Waals surface area contributed by atoms with Gasteiger partial charge >= 0.3 is 0 Å². The van der Waals surface area contributed by atoms with Crippen LogP contribution in [0.3, 0.4) is 0 Å². The van der Waals surface area contributed by atoms with Gasteiger partial charge in [-0.05, 0) is 49.1 Å². The van der Waals surface area contributed by atoms with Crippen molar-refractivity contribution in [2.24, 2.45) is 0 Å². The van der Waals surface area contributed by atoms with Gasteiger partial charge in [0.05, 0.1) is 11.1 Å². The first-order chi connectivity index (χ1) is 13.6. The number of aromatic nitrogens is 6. The maximum Gasteiger partial charge on any atom is 0.263 e. The van der Waals surface area contributed by atoms with E-state index in [1.165, 1.54) is 17.7 Å². The summed E-state index contributed by atoms with van der Waals surface area (Å²) in [6.07, 6.45) is 6.61. The second kappa shape index (κ2) is 8.32. The van der Waals surface area contributed by atoms with Gasteiger partial charge in [0.15, 0.2) is 11.0 Å². The molecule has 28 heavy (non-hydrogen) atoms. The van der Waals surface area contributed by atoms with Gasteiger partial charge in [-0.2, -0.15) is 0 Å². The Kier molecular flexibility index (Phi) is 5.82. The lowest BCUT2D eigenvalue weighted by atomic mass is 10.2. The van der Waals surface area contributed by atoms with Crippen molar-refractivity contribution < 1.29 is 0 Å². The molecular weight excluding hydrogens is 392 g/mol. The number of aryl methyl sites for hydroxylation is 3. The number of hydrogen-bond donors (Lipinski definition) is 0. The fourth-order valence-corrected chi connectivity index (χ4v) is 5.88. The lowest BCUT2D eigenvalue weighted by Crippen LogP contribution is -2.26. The molecule has 1 aliphatic carbocycles. The molecule has 0 radical (unpaired) electrons. The number of fused-ring (bicyclic) bond motifs is 1. The predicted molar refractivity (Wildman–Crippen MR) is 113 cm³/mol. The summed E-state index contributed by atoms with van der Waals surface area (Å²) in [5, 5.41) is 13.7. The van der Waals surface area contributed by atoms with Crippen molar-refractivity contribution in [1.29, 1.82) is 0 Å². The smallest absolute Gasteiger partial charge is 0.263 e. The van der Waals surface area contributed by atoms with Crippen LogP contribution in [0, 0.1) is 13.8 Å². The van der Waals surface area contributed by atoms with Crippen molar-refractivity contribution in [3.63, 3.8) is 0 Å². The van der Waals surface area contributed by atoms with Gasteiger partial charge in [0, 0.05) is 17.5 Å². The first kappa shape index (κ1) is 19.6. The summed E-state index contributed by atoms with van der Waals surface area (Å²) in [7, 11) is 0. The highest BCUT2D eigenvalue weighted by molar-refractivity contribution is 7.98. The average Bonchev–Trinajstić information content (AvgIpc) is 3.40. The molecule has 150 valence electrons. The highest BCUT2D eigenvalue weighted by Gasteiger charge is 2.25. The molecule has 0 spiro atoms. The third-order valence-electron chi connectivity index (χ3n) is 5.55. The van der Waals surface area contributed by atoms with Gasteiger partial charge in [-0.1, -0.05) is 37.9 Å². The Morgan fingerprint density at radius 2 is 2.04 bits per heavy atom. The van der Waals surface area contributed by atoms with Crippen LogP contribution in [-0.4, -0.2) is 29.8 Å². The Balaban J connectivity index is 1.70. The SMILES string of the molecule is CCCCn1nnnc1CSc1nc2sc(C)c(C)c2c(=O)n1C1CCCC1. The quantitative estimate of drug-likeness (QED) is 0.421. The number of thioether (sulfide) groups is 1. The second-order valence-electron chi connectivity index (χ2n) is 7.43. The highest BCUT2D eigenvalue weighted by atomic mass is 32.2. The summed E-state index contributed by atoms with van der Waals surface area (Å²) in [4.78, 5) is 20.3. The standard InChI is InChI=1S/C19H26N6OS2/c1-4-5-10-24-15(21-22-23-24)11-27-19-20-17-16(12(2)13(3)28-17)18(26)25(19)14-8-6-7-9-14/h14H,4-11H2,1-3H3. The number of hydrogen-bond acceptors (Lipinski definition) is 7. The van der Waals surface area contributed by atoms with E-state index in [9.17, 15) is 4.79 Å². The van der Waals surface area contributed by atoms with E-state index in [2.05, 4.69) is 29.4 Å². The van der Waals surface area contributed by atoms with Gasteiger partial charge in [0.2, 0.25) is 0 Å². The van der Waals surface area contributed by atoms with Gasteiger partial charge in [0.25, 0.3) is 5.56 Å². The van der Waals surface area contributed by atoms with Crippen LogP contribution >= 0.6 is 23.1 Å². The van der Waals surface area contributed by atoms with E-state index in [4.69, 9.17) is 4.98 Å². The molecule has 3 heterocycles. The van der Waals surface area contributed by atoms with E-state index in [1.807, 2.05) is 16.2 Å². The third-order valence-corrected chi connectivity index (χ3v) is 7.60. The molecule has 0 N–H and O–H groups in total. The maximum atomic E-state index is 13.4. The van der Waals surface area contributed by atoms with E-state index in [1.54, 1.807) is 23.1 Å². The molecule has 1 fully saturated rings. The van der Waals surface area contributed by atoms with Crippen molar-refractivity contribution in [2.45, 2.75) is 82.8 Å². The van der Waals surface area contributed by atoms with Crippen molar-refractivity contribution >= 4 is 33.3 Å². The van der Waals surface area contributed by atoms with Crippen molar-refractivity contribution in [1.82, 2.24) is 29.8 Å². The molecule has 7 nitrogen and oxygen atoms in total. The Labute approximate surface area is 172 Å².